The SMILES string of the molecule is CC(C)C(=O)N1N=C(c2cccnc2)C[C@@]1(O)C(F)(F)F. The number of halogens is 3. The molecule has 1 aliphatic rings. The van der Waals surface area contributed by atoms with Crippen LogP contribution in [0.4, 0.5) is 13.2 Å². The van der Waals surface area contributed by atoms with Crippen LogP contribution in [0.15, 0.2) is 29.6 Å². The van der Waals surface area contributed by atoms with Crippen LogP contribution in [-0.4, -0.2) is 38.6 Å². The molecule has 0 aromatic carbocycles. The van der Waals surface area contributed by atoms with Gasteiger partial charge >= 0.3 is 6.18 Å². The van der Waals surface area contributed by atoms with E-state index >= 15 is 0 Å². The summed E-state index contributed by atoms with van der Waals surface area (Å²) in [5, 5.41) is 13.8. The van der Waals surface area contributed by atoms with Crippen molar-refractivity contribution in [3.63, 3.8) is 0 Å². The van der Waals surface area contributed by atoms with Gasteiger partial charge in [-0.1, -0.05) is 19.9 Å². The molecule has 0 unspecified atom stereocenters. The second kappa shape index (κ2) is 5.10. The van der Waals surface area contributed by atoms with Crippen molar-refractivity contribution < 1.29 is 23.1 Å². The van der Waals surface area contributed by atoms with E-state index in [0.717, 1.165) is 0 Å². The number of pyridine rings is 1. The molecule has 0 spiro atoms. The van der Waals surface area contributed by atoms with Gasteiger partial charge in [0, 0.05) is 23.9 Å². The summed E-state index contributed by atoms with van der Waals surface area (Å²) in [6.07, 6.45) is -3.03. The monoisotopic (exact) mass is 301 g/mol. The van der Waals surface area contributed by atoms with Gasteiger partial charge in [-0.3, -0.25) is 9.78 Å². The predicted molar refractivity (Wildman–Crippen MR) is 68.1 cm³/mol. The summed E-state index contributed by atoms with van der Waals surface area (Å²) in [5.41, 5.74) is -3.02. The van der Waals surface area contributed by atoms with Crippen molar-refractivity contribution in [1.82, 2.24) is 9.99 Å². The van der Waals surface area contributed by atoms with Crippen LogP contribution in [0.25, 0.3) is 0 Å². The standard InChI is InChI=1S/C13H14F3N3O2/c1-8(2)11(20)19-12(21,13(14,15)16)6-10(18-19)9-4-3-5-17-7-9/h3-5,7-8,21H,6H2,1-2H3/t12-/m1/s1. The molecule has 0 aliphatic carbocycles. The molecule has 1 N–H and O–H groups in total. The maximum absolute atomic E-state index is 13.2. The summed E-state index contributed by atoms with van der Waals surface area (Å²) in [4.78, 5) is 15.7. The van der Waals surface area contributed by atoms with Crippen LogP contribution in [0.5, 0.6) is 0 Å². The summed E-state index contributed by atoms with van der Waals surface area (Å²) < 4.78 is 39.5. The molecular formula is C13H14F3N3O2. The number of hydrazone groups is 1. The minimum atomic E-state index is -5.01. The van der Waals surface area contributed by atoms with E-state index in [-0.39, 0.29) is 10.7 Å². The van der Waals surface area contributed by atoms with Gasteiger partial charge in [0.15, 0.2) is 0 Å². The quantitative estimate of drug-likeness (QED) is 0.907. The molecule has 114 valence electrons. The van der Waals surface area contributed by atoms with Gasteiger partial charge < -0.3 is 5.11 Å². The topological polar surface area (TPSA) is 65.8 Å². The van der Waals surface area contributed by atoms with Crippen molar-refractivity contribution in [2.75, 3.05) is 0 Å². The molecule has 2 heterocycles. The fourth-order valence-corrected chi connectivity index (χ4v) is 1.94. The first kappa shape index (κ1) is 15.4. The van der Waals surface area contributed by atoms with Crippen molar-refractivity contribution in [2.45, 2.75) is 32.2 Å². The zero-order chi connectivity index (χ0) is 15.8. The van der Waals surface area contributed by atoms with Crippen LogP contribution >= 0.6 is 0 Å². The third-order valence-electron chi connectivity index (χ3n) is 3.14. The molecule has 21 heavy (non-hydrogen) atoms. The number of aliphatic hydroxyl groups is 1. The number of nitrogens with zero attached hydrogens (tertiary/aromatic N) is 3. The number of rotatable bonds is 2. The van der Waals surface area contributed by atoms with E-state index in [9.17, 15) is 23.1 Å². The Morgan fingerprint density at radius 2 is 2.14 bits per heavy atom. The first-order valence-corrected chi connectivity index (χ1v) is 6.28. The summed E-state index contributed by atoms with van der Waals surface area (Å²) in [6, 6.07) is 3.06. The van der Waals surface area contributed by atoms with Crippen LogP contribution in [0.1, 0.15) is 25.8 Å². The molecular weight excluding hydrogens is 287 g/mol. The third-order valence-corrected chi connectivity index (χ3v) is 3.14. The van der Waals surface area contributed by atoms with Crippen LogP contribution < -0.4 is 0 Å². The maximum atomic E-state index is 13.2. The number of hydrogen-bond acceptors (Lipinski definition) is 4. The van der Waals surface area contributed by atoms with Gasteiger partial charge in [-0.2, -0.15) is 23.3 Å². The largest absolute Gasteiger partial charge is 0.438 e. The number of aromatic nitrogens is 1. The Hall–Kier alpha value is -1.96. The van der Waals surface area contributed by atoms with E-state index in [0.29, 0.717) is 5.56 Å². The lowest BCUT2D eigenvalue weighted by Gasteiger charge is -2.33. The Morgan fingerprint density at radius 3 is 2.62 bits per heavy atom. The molecule has 1 atom stereocenters. The molecule has 0 saturated heterocycles. The predicted octanol–water partition coefficient (Wildman–Crippen LogP) is 1.92. The highest BCUT2D eigenvalue weighted by Gasteiger charge is 2.63. The molecule has 1 aromatic rings. The molecule has 1 aliphatic heterocycles. The van der Waals surface area contributed by atoms with Gasteiger partial charge in [-0.25, -0.2) is 0 Å². The summed E-state index contributed by atoms with van der Waals surface area (Å²) in [7, 11) is 0. The van der Waals surface area contributed by atoms with Gasteiger partial charge in [-0.15, -0.1) is 0 Å². The number of carbonyl (C=O) groups excluding carboxylic acids is 1. The van der Waals surface area contributed by atoms with Gasteiger partial charge in [0.05, 0.1) is 12.1 Å². The van der Waals surface area contributed by atoms with Crippen LogP contribution in [-0.2, 0) is 4.79 Å². The minimum Gasteiger partial charge on any atom is -0.362 e. The minimum absolute atomic E-state index is 0.0306. The molecule has 2 rings (SSSR count). The third kappa shape index (κ3) is 2.63. The lowest BCUT2D eigenvalue weighted by Crippen LogP contribution is -2.57. The Bertz CT molecular complexity index is 572. The van der Waals surface area contributed by atoms with Crippen molar-refractivity contribution in [3.8, 4) is 0 Å². The molecule has 8 heteroatoms. The van der Waals surface area contributed by atoms with E-state index < -0.39 is 30.1 Å². The van der Waals surface area contributed by atoms with Gasteiger partial charge in [0.2, 0.25) is 5.91 Å². The molecule has 0 saturated carbocycles. The number of amides is 1. The van der Waals surface area contributed by atoms with Crippen molar-refractivity contribution in [1.29, 1.82) is 0 Å². The lowest BCUT2D eigenvalue weighted by molar-refractivity contribution is -0.303. The summed E-state index contributed by atoms with van der Waals surface area (Å²) in [5.74, 6) is -1.62. The number of alkyl halides is 3. The van der Waals surface area contributed by atoms with E-state index in [1.54, 1.807) is 0 Å². The average Bonchev–Trinajstić information content (AvgIpc) is 2.78. The Morgan fingerprint density at radius 1 is 1.48 bits per heavy atom. The molecule has 1 aromatic heterocycles. The van der Waals surface area contributed by atoms with Gasteiger partial charge in [0.25, 0.3) is 5.72 Å². The van der Waals surface area contributed by atoms with E-state index in [1.807, 2.05) is 0 Å². The van der Waals surface area contributed by atoms with Crippen LogP contribution in [0, 0.1) is 5.92 Å². The normalized spacial score (nSPS) is 22.6. The number of hydrogen-bond donors (Lipinski definition) is 1. The van der Waals surface area contributed by atoms with Gasteiger partial charge in [-0.05, 0) is 6.07 Å². The Labute approximate surface area is 119 Å². The molecule has 0 radical (unpaired) electrons. The maximum Gasteiger partial charge on any atom is 0.438 e. The van der Waals surface area contributed by atoms with Crippen molar-refractivity contribution >= 4 is 11.6 Å². The first-order chi connectivity index (χ1) is 9.67. The lowest BCUT2D eigenvalue weighted by atomic mass is 10.0. The molecule has 5 nitrogen and oxygen atoms in total. The second-order valence-electron chi connectivity index (χ2n) is 5.08. The summed E-state index contributed by atoms with van der Waals surface area (Å²) in [6.45, 7) is 2.88. The first-order valence-electron chi connectivity index (χ1n) is 6.28. The van der Waals surface area contributed by atoms with E-state index in [1.165, 1.54) is 38.4 Å². The van der Waals surface area contributed by atoms with Crippen molar-refractivity contribution in [3.05, 3.63) is 30.1 Å². The van der Waals surface area contributed by atoms with Crippen molar-refractivity contribution in [2.24, 2.45) is 11.0 Å². The zero-order valence-corrected chi connectivity index (χ0v) is 11.4. The summed E-state index contributed by atoms with van der Waals surface area (Å²) >= 11 is 0. The van der Waals surface area contributed by atoms with Gasteiger partial charge in [0.1, 0.15) is 0 Å². The highest BCUT2D eigenvalue weighted by atomic mass is 19.4. The zero-order valence-electron chi connectivity index (χ0n) is 11.4. The van der Waals surface area contributed by atoms with E-state index in [2.05, 4.69) is 10.1 Å². The molecule has 1 amide bonds. The highest BCUT2D eigenvalue weighted by molar-refractivity contribution is 6.03. The average molecular weight is 301 g/mol. The smallest absolute Gasteiger partial charge is 0.362 e. The highest BCUT2D eigenvalue weighted by Crippen LogP contribution is 2.41. The molecule has 0 fully saturated rings. The Balaban J connectivity index is 2.45. The number of carbonyl (C=O) groups is 1. The molecule has 0 bridgehead atoms. The van der Waals surface area contributed by atoms with Crippen LogP contribution in [0.2, 0.25) is 0 Å². The second-order valence-corrected chi connectivity index (χ2v) is 5.08. The van der Waals surface area contributed by atoms with Crippen LogP contribution in [0.3, 0.4) is 0 Å². The fourth-order valence-electron chi connectivity index (χ4n) is 1.94. The van der Waals surface area contributed by atoms with E-state index in [4.69, 9.17) is 0 Å². The Kier molecular flexibility index (Phi) is 3.75. The fraction of sp³-hybridized carbons (Fsp3) is 0.462.